The number of carbonyl (C=O) groups excluding carboxylic acids is 1. The van der Waals surface area contributed by atoms with Crippen molar-refractivity contribution in [2.45, 2.75) is 64.1 Å². The number of rotatable bonds is 15. The standard InChI is InChI=1S/C25H23ClN8O3.C25H21ClN8O2.C23H18ClN7O3.C2H7NO.CH4.BH.3H2S.U/c26-17-8-11-33-20(17)25(37)34(15-5-2-1-3-6-15)22(31-33)18-7-4-10-32(18)23-19-16(24(36)27-9-12-35)13-28-21(19)29-14-30-23;26-17-8-11-33-20(17)25(35)34(15-5-2-1-3-6-15)22(31-33)18-7-4-10-32(18)23-19-16(24-27-9-12-36-24)13-28-21(19)29-14-30-23;24-15-8-10-30-18(15)22(32)31(13-5-2-1-3-6-13)20(28-30)16-7-4-9-29(16)21-17-14(23(33)34)11-25-19(17)26-12-27-21;3-1-2-4;;;;;;/h1-3,5-6,8,11,13-14,18,35H,4,7,9-10,12H2,(H,27,36)(H,28,29,30);1-3,5-6,8,11,13-14,18H,4,7,9-10,12H2,(H,28,29,30);1-3,5-6,8,10-12,16H,4,7,9H2,(H,33,34)(H,25,26,27);4H,1-3H2;1H4;1H;3*1H2;/t2*18-;16-;;;;;;;/m000......./s1/i;;;;;1T;;;;. The van der Waals surface area contributed by atoms with Gasteiger partial charge in [0, 0.05) is 109 Å². The number of nitrogens with two attached hydrogens (primary N) is 1. The molecule has 3 atom stereocenters. The van der Waals surface area contributed by atoms with Gasteiger partial charge in [0.1, 0.15) is 76.5 Å². The summed E-state index contributed by atoms with van der Waals surface area (Å²) in [6.07, 6.45) is 19.2. The van der Waals surface area contributed by atoms with Crippen molar-refractivity contribution >= 4 is 169 Å². The second-order valence-electron chi connectivity index (χ2n) is 26.1. The van der Waals surface area contributed by atoms with E-state index in [1.54, 1.807) is 67.5 Å². The van der Waals surface area contributed by atoms with Gasteiger partial charge in [-0.2, -0.15) is 55.8 Å². The number of halogens is 3. The zero-order valence-corrected chi connectivity index (χ0v) is 70.9. The molecule has 3 aromatic carbocycles. The molecule has 33 nitrogen and oxygen atoms in total. The van der Waals surface area contributed by atoms with Crippen molar-refractivity contribution in [3.8, 4) is 17.1 Å². The van der Waals surface area contributed by atoms with E-state index in [0.29, 0.717) is 150 Å². The van der Waals surface area contributed by atoms with Crippen molar-refractivity contribution in [2.75, 3.05) is 73.8 Å². The number of fused-ring (bicyclic) bond motifs is 6. The van der Waals surface area contributed by atoms with Gasteiger partial charge in [0.15, 0.2) is 17.5 Å². The summed E-state index contributed by atoms with van der Waals surface area (Å²) >= 11 is 19.0. The van der Waals surface area contributed by atoms with Gasteiger partial charge < -0.3 is 60.8 Å². The summed E-state index contributed by atoms with van der Waals surface area (Å²) in [6, 6.07) is 32.3. The summed E-state index contributed by atoms with van der Waals surface area (Å²) in [5.74, 6) is 2.70. The molecule has 0 spiro atoms. The van der Waals surface area contributed by atoms with Crippen LogP contribution in [0.4, 0.5) is 17.5 Å². The number of aromatic nitrogens is 18. The van der Waals surface area contributed by atoms with Gasteiger partial charge in [-0.1, -0.05) is 96.8 Å². The smallest absolute Gasteiger partial charge is 0.338 e. The van der Waals surface area contributed by atoms with Gasteiger partial charge in [0.2, 0.25) is 5.90 Å². The number of aliphatic imine (C=N–C) groups is 1. The van der Waals surface area contributed by atoms with Crippen LogP contribution in [0.1, 0.15) is 108 Å². The zero-order chi connectivity index (χ0) is 78.6. The number of aromatic carboxylic acids is 1. The fraction of sp³-hybridized carbons (Fsp3) is 0.250. The van der Waals surface area contributed by atoms with Gasteiger partial charge >= 0.3 is 5.97 Å². The van der Waals surface area contributed by atoms with Gasteiger partial charge in [-0.25, -0.2) is 53.2 Å². The van der Waals surface area contributed by atoms with E-state index in [9.17, 15) is 29.1 Å². The summed E-state index contributed by atoms with van der Waals surface area (Å²) in [7, 11) is 3.75. The average Bonchev–Trinajstić information content (AvgIpc) is 1.28. The van der Waals surface area contributed by atoms with Crippen LogP contribution < -0.4 is 42.4 Å². The van der Waals surface area contributed by atoms with E-state index in [1.165, 1.54) is 27.9 Å². The first-order valence-electron chi connectivity index (χ1n) is 36.2. The largest absolute Gasteiger partial charge is 0.478 e. The van der Waals surface area contributed by atoms with Gasteiger partial charge in [-0.15, -0.1) is 0 Å². The third-order valence-corrected chi connectivity index (χ3v) is 20.6. The van der Waals surface area contributed by atoms with E-state index in [2.05, 4.69) is 68.4 Å². The monoisotopic (exact) mass is 1920 g/mol. The number of nitrogens with one attached hydrogen (secondary N) is 4. The maximum atomic E-state index is 13.8. The molecule has 15 aromatic rings. The second-order valence-corrected chi connectivity index (χ2v) is 27.4. The minimum absolute atomic E-state index is 0. The molecule has 0 saturated carbocycles. The quantitative estimate of drug-likeness (QED) is 0.0444. The van der Waals surface area contributed by atoms with E-state index in [0.717, 1.165) is 61.1 Å². The number of aromatic amines is 3. The molecule has 3 fully saturated rings. The van der Waals surface area contributed by atoms with E-state index in [4.69, 9.17) is 77.1 Å². The van der Waals surface area contributed by atoms with Crippen LogP contribution in [-0.2, 0) is 4.74 Å². The summed E-state index contributed by atoms with van der Waals surface area (Å²) in [6.45, 7) is 3.65. The second kappa shape index (κ2) is 38.7. The predicted molar refractivity (Wildman–Crippen MR) is 462 cm³/mol. The van der Waals surface area contributed by atoms with Crippen molar-refractivity contribution < 1.29 is 60.8 Å². The molecule has 41 heteroatoms. The average molecular weight is 1930 g/mol. The third kappa shape index (κ3) is 16.8. The fourth-order valence-corrected chi connectivity index (χ4v) is 15.6. The van der Waals surface area contributed by atoms with Crippen molar-refractivity contribution in [1.29, 1.82) is 1.34 Å². The predicted octanol–water partition coefficient (Wildman–Crippen LogP) is 8.71. The first kappa shape index (κ1) is 87.3. The molecular formula is C76H80BCl3N24O9S3U. The van der Waals surface area contributed by atoms with E-state index in [-0.39, 0.29) is 145 Å². The number of hydrogen-bond donors (Lipinski definition) is 8. The number of nitrogens with zero attached hydrogens (tertiary/aromatic N) is 19. The molecule has 12 aromatic heterocycles. The molecule has 9 N–H and O–H groups in total. The maximum Gasteiger partial charge on any atom is 0.338 e. The van der Waals surface area contributed by atoms with Crippen LogP contribution in [0.5, 0.6) is 0 Å². The number of benzene rings is 3. The Morgan fingerprint density at radius 1 is 0.538 bits per heavy atom. The number of anilines is 3. The minimum atomic E-state index is -1.07. The number of aliphatic hydroxyl groups excluding tert-OH is 2. The van der Waals surface area contributed by atoms with Crippen LogP contribution in [0.15, 0.2) is 185 Å². The third-order valence-electron chi connectivity index (χ3n) is 19.7. The maximum absolute atomic E-state index is 13.8. The number of hydrogen-bond acceptors (Lipinski definition) is 22. The van der Waals surface area contributed by atoms with Crippen molar-refractivity contribution in [1.82, 2.24) is 92.7 Å². The number of ether oxygens (including phenoxy) is 1. The van der Waals surface area contributed by atoms with Crippen LogP contribution in [0, 0.1) is 31.1 Å². The SMILES string of the molecule is C.NCCO.O=C(NCCO)c1c[nH]c2ncnc(N3CCC[C@H]3c3nn4ccc(Cl)c4c(=O)n3-c3ccccc3)c12.O=C(O)c1c[nH]c2ncnc(N3CCC[C@H]3c3nn4ccc(Cl)c4c(=O)n3-c3ccccc3)c12.O=c1c2c(Cl)ccn2nc([C@@H]2CCCN2c2ncnc3[nH]cc(C4=NCCO4)c23)n1-c1ccccc1.S.S.S.[3H][B].[U]. The molecule has 2 radical (unpaired) electrons. The minimum Gasteiger partial charge on any atom is -0.478 e. The van der Waals surface area contributed by atoms with E-state index < -0.39 is 5.97 Å². The molecule has 19 rings (SSSR count). The van der Waals surface area contributed by atoms with Crippen LogP contribution >= 0.6 is 75.3 Å². The van der Waals surface area contributed by atoms with E-state index in [1.807, 2.05) is 102 Å². The number of amides is 1. The molecule has 4 aliphatic rings. The molecule has 3 saturated heterocycles. The fourth-order valence-electron chi connectivity index (χ4n) is 14.9. The topological polar surface area (TPSA) is 407 Å². The molecule has 1 amide bonds. The van der Waals surface area contributed by atoms with E-state index >= 15 is 0 Å². The summed E-state index contributed by atoms with van der Waals surface area (Å²) in [5.41, 5.74) is 10.0. The number of carboxylic acids is 1. The summed E-state index contributed by atoms with van der Waals surface area (Å²) in [4.78, 5) is 112. The number of carbonyl (C=O) groups is 2. The van der Waals surface area contributed by atoms with Gasteiger partial charge in [0.05, 0.1) is 103 Å². The molecule has 4 aliphatic heterocycles. The van der Waals surface area contributed by atoms with Crippen LogP contribution in [0.2, 0.25) is 15.1 Å². The van der Waals surface area contributed by atoms with Gasteiger partial charge in [-0.05, 0) is 94.5 Å². The Morgan fingerprint density at radius 2 is 0.897 bits per heavy atom. The Bertz CT molecular complexity index is 6280. The number of aliphatic hydroxyl groups is 2. The molecule has 16 heterocycles. The van der Waals surface area contributed by atoms with Crippen molar-refractivity contribution in [3.05, 3.63) is 246 Å². The van der Waals surface area contributed by atoms with Crippen LogP contribution in [-0.4, -0.2) is 189 Å². The Hall–Kier alpha value is -10.5. The Morgan fingerprint density at radius 3 is 1.26 bits per heavy atom. The number of para-hydroxylation sites is 3. The van der Waals surface area contributed by atoms with Gasteiger partial charge in [0.25, 0.3) is 22.6 Å². The van der Waals surface area contributed by atoms with Crippen LogP contribution in [0.3, 0.4) is 0 Å². The van der Waals surface area contributed by atoms with Crippen molar-refractivity contribution in [3.63, 3.8) is 0 Å². The molecule has 0 bridgehead atoms. The zero-order valence-electron chi connectivity index (χ0n) is 62.5. The number of H-pyrrole nitrogens is 3. The molecule has 0 aliphatic carbocycles. The molecule has 0 unspecified atom stereocenters. The van der Waals surface area contributed by atoms with Crippen LogP contribution in [0.25, 0.3) is 66.7 Å². The van der Waals surface area contributed by atoms with Crippen molar-refractivity contribution in [2.24, 2.45) is 10.7 Å². The first-order valence-corrected chi connectivity index (χ1v) is 36.8. The van der Waals surface area contributed by atoms with Gasteiger partial charge in [-0.3, -0.25) is 32.9 Å². The Balaban J connectivity index is 0.000000177. The molecular weight excluding hydrogens is 1840 g/mol. The first-order chi connectivity index (χ1) is 55.2. The summed E-state index contributed by atoms with van der Waals surface area (Å²) in [5, 5.41) is 46.7. The normalized spacial score (nSPS) is 15.4. The number of carboxylic acid groups (broad SMARTS) is 1. The Labute approximate surface area is 729 Å². The summed E-state index contributed by atoms with van der Waals surface area (Å²) < 4.78 is 20.5. The molecule has 117 heavy (non-hydrogen) atoms. The molecule has 604 valence electrons. The Kier molecular flexibility index (Phi) is 28.9.